The van der Waals surface area contributed by atoms with E-state index in [2.05, 4.69) is 5.32 Å². The monoisotopic (exact) mass is 378 g/mol. The molecule has 2 N–H and O–H groups in total. The fourth-order valence-electron chi connectivity index (χ4n) is 2.94. The Morgan fingerprint density at radius 1 is 1.38 bits per heavy atom. The van der Waals surface area contributed by atoms with Gasteiger partial charge >= 0.3 is 5.97 Å². The van der Waals surface area contributed by atoms with Gasteiger partial charge in [-0.1, -0.05) is 18.2 Å². The van der Waals surface area contributed by atoms with Crippen LogP contribution in [-0.2, 0) is 19.1 Å². The van der Waals surface area contributed by atoms with Crippen molar-refractivity contribution in [2.45, 2.75) is 18.0 Å². The number of thioether (sulfide) groups is 1. The minimum atomic E-state index is -1.59. The molecule has 2 amide bonds. The Morgan fingerprint density at radius 2 is 2.08 bits per heavy atom. The molecule has 2 aliphatic rings. The number of carbonyl (C=O) groups excluding carboxylic acids is 2. The first kappa shape index (κ1) is 18.3. The van der Waals surface area contributed by atoms with E-state index in [9.17, 15) is 19.5 Å². The lowest BCUT2D eigenvalue weighted by Gasteiger charge is -2.55. The Hall–Kier alpha value is -2.52. The van der Waals surface area contributed by atoms with E-state index < -0.39 is 28.9 Å². The van der Waals surface area contributed by atoms with E-state index in [4.69, 9.17) is 9.47 Å². The number of methoxy groups -OCH3 is 1. The van der Waals surface area contributed by atoms with Crippen LogP contribution in [0.4, 0.5) is 0 Å². The zero-order chi connectivity index (χ0) is 18.9. The third-order valence-corrected chi connectivity index (χ3v) is 5.64. The molecule has 0 radical (unpaired) electrons. The van der Waals surface area contributed by atoms with Gasteiger partial charge in [-0.15, -0.1) is 11.8 Å². The van der Waals surface area contributed by atoms with Gasteiger partial charge in [-0.2, -0.15) is 0 Å². The molecule has 0 aromatic heterocycles. The molecule has 0 aliphatic carbocycles. The molecule has 8 nitrogen and oxygen atoms in total. The molecular formula is C17H18N2O6S. The highest BCUT2D eigenvalue weighted by atomic mass is 32.2. The topological polar surface area (TPSA) is 105 Å². The van der Waals surface area contributed by atoms with E-state index in [-0.39, 0.29) is 12.3 Å². The van der Waals surface area contributed by atoms with Crippen molar-refractivity contribution in [1.82, 2.24) is 10.2 Å². The number of nitrogens with one attached hydrogen (secondary N) is 1. The molecule has 1 fully saturated rings. The molecular weight excluding hydrogens is 360 g/mol. The molecule has 26 heavy (non-hydrogen) atoms. The third kappa shape index (κ3) is 2.93. The number of benzene rings is 1. The van der Waals surface area contributed by atoms with E-state index in [1.807, 2.05) is 6.07 Å². The van der Waals surface area contributed by atoms with E-state index in [1.54, 1.807) is 31.2 Å². The van der Waals surface area contributed by atoms with Gasteiger partial charge in [-0.3, -0.25) is 14.5 Å². The molecule has 0 bridgehead atoms. The summed E-state index contributed by atoms with van der Waals surface area (Å²) in [6.07, 6.45) is 0. The summed E-state index contributed by atoms with van der Waals surface area (Å²) in [5.41, 5.74) is -1.06. The van der Waals surface area contributed by atoms with Crippen LogP contribution >= 0.6 is 11.8 Å². The fraction of sp³-hybridized carbons (Fsp3) is 0.353. The number of rotatable bonds is 6. The SMILES string of the molecule is COC1(NC(=O)COc2ccccc2)C(=O)N2C(C(=O)O)=C(C)CS[C@@H]21. The van der Waals surface area contributed by atoms with Crippen molar-refractivity contribution in [3.8, 4) is 5.75 Å². The first-order chi connectivity index (χ1) is 12.4. The molecule has 1 unspecified atom stereocenters. The number of para-hydroxylation sites is 1. The molecule has 2 atom stereocenters. The fourth-order valence-corrected chi connectivity index (χ4v) is 4.33. The number of nitrogens with zero attached hydrogens (tertiary/aromatic N) is 1. The van der Waals surface area contributed by atoms with E-state index in [0.717, 1.165) is 4.90 Å². The van der Waals surface area contributed by atoms with Gasteiger partial charge in [0.2, 0.25) is 0 Å². The number of carboxylic acid groups (broad SMARTS) is 1. The maximum absolute atomic E-state index is 12.7. The normalized spacial score (nSPS) is 24.6. The number of β-lactam (4-membered cyclic amide) rings is 1. The van der Waals surface area contributed by atoms with Crippen LogP contribution in [0.1, 0.15) is 6.92 Å². The van der Waals surface area contributed by atoms with Gasteiger partial charge in [0.05, 0.1) is 0 Å². The highest BCUT2D eigenvalue weighted by Crippen LogP contribution is 2.46. The lowest BCUT2D eigenvalue weighted by Crippen LogP contribution is -2.80. The maximum atomic E-state index is 12.7. The van der Waals surface area contributed by atoms with Crippen LogP contribution in [-0.4, -0.2) is 58.4 Å². The van der Waals surface area contributed by atoms with Crippen molar-refractivity contribution in [1.29, 1.82) is 0 Å². The summed E-state index contributed by atoms with van der Waals surface area (Å²) in [6.45, 7) is 1.37. The average molecular weight is 378 g/mol. The minimum Gasteiger partial charge on any atom is -0.484 e. The number of hydrogen-bond donors (Lipinski definition) is 2. The summed E-state index contributed by atoms with van der Waals surface area (Å²) in [5.74, 6) is -1.37. The molecule has 0 saturated carbocycles. The van der Waals surface area contributed by atoms with Crippen molar-refractivity contribution in [2.75, 3.05) is 19.5 Å². The highest BCUT2D eigenvalue weighted by Gasteiger charge is 2.66. The number of ether oxygens (including phenoxy) is 2. The maximum Gasteiger partial charge on any atom is 0.352 e. The van der Waals surface area contributed by atoms with Crippen molar-refractivity contribution < 1.29 is 29.0 Å². The molecule has 138 valence electrons. The van der Waals surface area contributed by atoms with Crippen LogP contribution in [0.2, 0.25) is 0 Å². The molecule has 1 saturated heterocycles. The summed E-state index contributed by atoms with van der Waals surface area (Å²) >= 11 is 1.34. The quantitative estimate of drug-likeness (QED) is 0.557. The second kappa shape index (κ2) is 7.00. The van der Waals surface area contributed by atoms with Crippen LogP contribution in [0.15, 0.2) is 41.6 Å². The second-order valence-corrected chi connectivity index (χ2v) is 6.93. The molecule has 1 aromatic carbocycles. The summed E-state index contributed by atoms with van der Waals surface area (Å²) in [4.78, 5) is 37.5. The van der Waals surface area contributed by atoms with Gasteiger partial charge in [0.15, 0.2) is 6.61 Å². The van der Waals surface area contributed by atoms with Crippen molar-refractivity contribution in [3.05, 3.63) is 41.6 Å². The van der Waals surface area contributed by atoms with Gasteiger partial charge in [-0.25, -0.2) is 4.79 Å². The molecule has 0 spiro atoms. The van der Waals surface area contributed by atoms with Gasteiger partial charge in [0.1, 0.15) is 16.8 Å². The van der Waals surface area contributed by atoms with E-state index >= 15 is 0 Å². The standard InChI is InChI=1S/C17H18N2O6S/c1-10-9-26-16-17(24-2,15(23)19(16)13(10)14(21)22)18-12(20)8-25-11-6-4-3-5-7-11/h3-7,16H,8-9H2,1-2H3,(H,18,20)(H,21,22)/t16-,17?/m1/s1. The first-order valence-electron chi connectivity index (χ1n) is 7.83. The Morgan fingerprint density at radius 3 is 2.69 bits per heavy atom. The van der Waals surface area contributed by atoms with Crippen LogP contribution in [0.25, 0.3) is 0 Å². The second-order valence-electron chi connectivity index (χ2n) is 5.86. The highest BCUT2D eigenvalue weighted by molar-refractivity contribution is 8.00. The number of carboxylic acids is 1. The van der Waals surface area contributed by atoms with Crippen LogP contribution in [0, 0.1) is 0 Å². The summed E-state index contributed by atoms with van der Waals surface area (Å²) in [7, 11) is 1.31. The molecule has 9 heteroatoms. The molecule has 1 aromatic rings. The van der Waals surface area contributed by atoms with Gasteiger partial charge in [0, 0.05) is 12.9 Å². The van der Waals surface area contributed by atoms with Crippen LogP contribution in [0.3, 0.4) is 0 Å². The smallest absolute Gasteiger partial charge is 0.352 e. The van der Waals surface area contributed by atoms with Crippen molar-refractivity contribution in [3.63, 3.8) is 0 Å². The summed E-state index contributed by atoms with van der Waals surface area (Å²) in [5, 5.41) is 11.3. The largest absolute Gasteiger partial charge is 0.484 e. The van der Waals surface area contributed by atoms with Gasteiger partial charge < -0.3 is 19.9 Å². The Balaban J connectivity index is 1.71. The zero-order valence-electron chi connectivity index (χ0n) is 14.2. The number of carbonyl (C=O) groups is 3. The van der Waals surface area contributed by atoms with Crippen LogP contribution < -0.4 is 10.1 Å². The molecule has 2 aliphatic heterocycles. The Bertz CT molecular complexity index is 781. The zero-order valence-corrected chi connectivity index (χ0v) is 15.0. The third-order valence-electron chi connectivity index (χ3n) is 4.18. The predicted octanol–water partition coefficient (Wildman–Crippen LogP) is 0.798. The number of aliphatic carboxylic acids is 1. The Kier molecular flexibility index (Phi) is 4.92. The predicted molar refractivity (Wildman–Crippen MR) is 93.2 cm³/mol. The molecule has 2 heterocycles. The van der Waals surface area contributed by atoms with Crippen LogP contribution in [0.5, 0.6) is 5.75 Å². The lowest BCUT2D eigenvalue weighted by atomic mass is 9.98. The van der Waals surface area contributed by atoms with E-state index in [0.29, 0.717) is 17.1 Å². The lowest BCUT2D eigenvalue weighted by molar-refractivity contribution is -0.192. The first-order valence-corrected chi connectivity index (χ1v) is 8.88. The average Bonchev–Trinajstić information content (AvgIpc) is 2.64. The summed E-state index contributed by atoms with van der Waals surface area (Å²) in [6, 6.07) is 8.79. The van der Waals surface area contributed by atoms with Crippen molar-refractivity contribution >= 4 is 29.5 Å². The number of hydrogen-bond acceptors (Lipinski definition) is 6. The van der Waals surface area contributed by atoms with E-state index in [1.165, 1.54) is 18.9 Å². The van der Waals surface area contributed by atoms with Crippen molar-refractivity contribution in [2.24, 2.45) is 0 Å². The Labute approximate surface area is 154 Å². The minimum absolute atomic E-state index is 0.0544. The van der Waals surface area contributed by atoms with Gasteiger partial charge in [0.25, 0.3) is 17.5 Å². The number of amides is 2. The molecule has 3 rings (SSSR count). The summed E-state index contributed by atoms with van der Waals surface area (Å²) < 4.78 is 10.7. The van der Waals surface area contributed by atoms with Gasteiger partial charge in [-0.05, 0) is 24.6 Å². The number of fused-ring (bicyclic) bond motifs is 1.